The van der Waals surface area contributed by atoms with Gasteiger partial charge in [0.2, 0.25) is 0 Å². The molecule has 0 aliphatic rings. The van der Waals surface area contributed by atoms with Crippen LogP contribution in [0.3, 0.4) is 0 Å². The molecule has 108 valence electrons. The van der Waals surface area contributed by atoms with E-state index in [1.165, 1.54) is 14.2 Å². The zero-order valence-electron chi connectivity index (χ0n) is 12.1. The number of ether oxygens (including phenoxy) is 3. The molecule has 0 aliphatic carbocycles. The van der Waals surface area contributed by atoms with Gasteiger partial charge in [-0.25, -0.2) is 4.79 Å². The molecule has 0 fully saturated rings. The first-order valence-electron chi connectivity index (χ1n) is 6.03. The number of carbonyl (C=O) groups excluding carboxylic acids is 1. The number of benzene rings is 1. The molecule has 1 rings (SSSR count). The molecule has 1 N–H and O–H groups in total. The molecule has 0 aromatic heterocycles. The van der Waals surface area contributed by atoms with Gasteiger partial charge in [-0.2, -0.15) is 0 Å². The number of methoxy groups -OCH3 is 3. The Morgan fingerprint density at radius 3 is 2.55 bits per heavy atom. The summed E-state index contributed by atoms with van der Waals surface area (Å²) < 4.78 is 15.4. The molecule has 5 heteroatoms. The standard InChI is InChI=1S/C15H19NO4/c1-6-9-16-15(2,14(17)20-5)12-10-11(18-3)7-8-13(12)19-4/h1,7-8,10,16H,9H2,2-5H3. The summed E-state index contributed by atoms with van der Waals surface area (Å²) >= 11 is 0. The summed E-state index contributed by atoms with van der Waals surface area (Å²) in [7, 11) is 4.41. The lowest BCUT2D eigenvalue weighted by atomic mass is 9.90. The van der Waals surface area contributed by atoms with Crippen molar-refractivity contribution in [1.82, 2.24) is 5.32 Å². The lowest BCUT2D eigenvalue weighted by molar-refractivity contribution is -0.148. The van der Waals surface area contributed by atoms with E-state index < -0.39 is 11.5 Å². The van der Waals surface area contributed by atoms with Crippen LogP contribution in [0.1, 0.15) is 12.5 Å². The molecular formula is C15H19NO4. The van der Waals surface area contributed by atoms with Crippen molar-refractivity contribution in [2.75, 3.05) is 27.9 Å². The van der Waals surface area contributed by atoms with Gasteiger partial charge < -0.3 is 14.2 Å². The summed E-state index contributed by atoms with van der Waals surface area (Å²) in [6.45, 7) is 1.90. The highest BCUT2D eigenvalue weighted by atomic mass is 16.5. The first-order chi connectivity index (χ1) is 9.53. The second-order valence-corrected chi connectivity index (χ2v) is 4.24. The number of rotatable bonds is 6. The third-order valence-corrected chi connectivity index (χ3v) is 3.08. The molecule has 20 heavy (non-hydrogen) atoms. The van der Waals surface area contributed by atoms with Gasteiger partial charge >= 0.3 is 5.97 Å². The number of esters is 1. The zero-order chi connectivity index (χ0) is 15.2. The Bertz CT molecular complexity index is 521. The SMILES string of the molecule is C#CCNC(C)(C(=O)OC)c1cc(OC)ccc1OC. The van der Waals surface area contributed by atoms with Crippen LogP contribution in [0.15, 0.2) is 18.2 Å². The first-order valence-corrected chi connectivity index (χ1v) is 6.03. The quantitative estimate of drug-likeness (QED) is 0.627. The van der Waals surface area contributed by atoms with E-state index in [-0.39, 0.29) is 6.54 Å². The molecule has 0 radical (unpaired) electrons. The summed E-state index contributed by atoms with van der Waals surface area (Å²) in [6.07, 6.45) is 5.26. The van der Waals surface area contributed by atoms with Crippen LogP contribution < -0.4 is 14.8 Å². The van der Waals surface area contributed by atoms with Crippen molar-refractivity contribution in [3.05, 3.63) is 23.8 Å². The average molecular weight is 277 g/mol. The van der Waals surface area contributed by atoms with E-state index in [1.54, 1.807) is 32.2 Å². The lowest BCUT2D eigenvalue weighted by Gasteiger charge is -2.29. The third-order valence-electron chi connectivity index (χ3n) is 3.08. The van der Waals surface area contributed by atoms with Crippen LogP contribution in [-0.2, 0) is 15.1 Å². The molecular weight excluding hydrogens is 258 g/mol. The largest absolute Gasteiger partial charge is 0.497 e. The van der Waals surface area contributed by atoms with Gasteiger partial charge in [0.25, 0.3) is 0 Å². The van der Waals surface area contributed by atoms with Crippen LogP contribution >= 0.6 is 0 Å². The summed E-state index contributed by atoms with van der Waals surface area (Å²) in [5.41, 5.74) is -0.525. The molecule has 5 nitrogen and oxygen atoms in total. The summed E-state index contributed by atoms with van der Waals surface area (Å²) in [6, 6.07) is 5.20. The molecule has 0 amide bonds. The van der Waals surface area contributed by atoms with Crippen LogP contribution in [0.5, 0.6) is 11.5 Å². The summed E-state index contributed by atoms with van der Waals surface area (Å²) in [4.78, 5) is 12.2. The van der Waals surface area contributed by atoms with Crippen LogP contribution in [-0.4, -0.2) is 33.8 Å². The third kappa shape index (κ3) is 3.03. The monoisotopic (exact) mass is 277 g/mol. The maximum Gasteiger partial charge on any atom is 0.330 e. The van der Waals surface area contributed by atoms with Crippen molar-refractivity contribution < 1.29 is 19.0 Å². The van der Waals surface area contributed by atoms with Gasteiger partial charge in [0.15, 0.2) is 0 Å². The fraction of sp³-hybridized carbons (Fsp3) is 0.400. The van der Waals surface area contributed by atoms with E-state index in [4.69, 9.17) is 20.6 Å². The predicted molar refractivity (Wildman–Crippen MR) is 75.7 cm³/mol. The van der Waals surface area contributed by atoms with Crippen LogP contribution in [0.4, 0.5) is 0 Å². The number of carbonyl (C=O) groups is 1. The molecule has 1 aromatic rings. The highest BCUT2D eigenvalue weighted by molar-refractivity contribution is 5.83. The number of nitrogens with one attached hydrogen (secondary N) is 1. The average Bonchev–Trinajstić information content (AvgIpc) is 2.50. The second kappa shape index (κ2) is 6.83. The maximum atomic E-state index is 12.2. The van der Waals surface area contributed by atoms with Crippen LogP contribution in [0, 0.1) is 12.3 Å². The van der Waals surface area contributed by atoms with Gasteiger partial charge in [0, 0.05) is 5.56 Å². The predicted octanol–water partition coefficient (Wildman–Crippen LogP) is 1.31. The van der Waals surface area contributed by atoms with Gasteiger partial charge in [-0.15, -0.1) is 6.42 Å². The summed E-state index contributed by atoms with van der Waals surface area (Å²) in [5, 5.41) is 2.99. The van der Waals surface area contributed by atoms with Crippen LogP contribution in [0.2, 0.25) is 0 Å². The second-order valence-electron chi connectivity index (χ2n) is 4.24. The molecule has 0 saturated carbocycles. The number of hydrogen-bond donors (Lipinski definition) is 1. The Labute approximate surface area is 119 Å². The molecule has 0 bridgehead atoms. The van der Waals surface area contributed by atoms with Gasteiger partial charge in [-0.05, 0) is 25.1 Å². The van der Waals surface area contributed by atoms with E-state index in [1.807, 2.05) is 0 Å². The molecule has 0 aliphatic heterocycles. The Kier molecular flexibility index (Phi) is 5.42. The lowest BCUT2D eigenvalue weighted by Crippen LogP contribution is -2.47. The van der Waals surface area contributed by atoms with E-state index in [0.717, 1.165) is 0 Å². The molecule has 1 unspecified atom stereocenters. The molecule has 0 saturated heterocycles. The van der Waals surface area contributed by atoms with E-state index in [9.17, 15) is 4.79 Å². The van der Waals surface area contributed by atoms with Gasteiger partial charge in [-0.1, -0.05) is 5.92 Å². The fourth-order valence-corrected chi connectivity index (χ4v) is 1.91. The number of terminal acetylenes is 1. The molecule has 1 atom stereocenters. The maximum absolute atomic E-state index is 12.2. The molecule has 1 aromatic carbocycles. The van der Waals surface area contributed by atoms with Gasteiger partial charge in [0.05, 0.1) is 27.9 Å². The minimum absolute atomic E-state index is 0.214. The normalized spacial score (nSPS) is 12.9. The van der Waals surface area contributed by atoms with Crippen molar-refractivity contribution in [3.63, 3.8) is 0 Å². The van der Waals surface area contributed by atoms with Crippen molar-refractivity contribution in [1.29, 1.82) is 0 Å². The van der Waals surface area contributed by atoms with Crippen molar-refractivity contribution in [2.45, 2.75) is 12.5 Å². The Balaban J connectivity index is 3.39. The Hall–Kier alpha value is -2.19. The fourth-order valence-electron chi connectivity index (χ4n) is 1.91. The first kappa shape index (κ1) is 15.9. The van der Waals surface area contributed by atoms with Gasteiger partial charge in [-0.3, -0.25) is 5.32 Å². The number of hydrogen-bond acceptors (Lipinski definition) is 5. The van der Waals surface area contributed by atoms with Crippen molar-refractivity contribution in [2.24, 2.45) is 0 Å². The molecule has 0 heterocycles. The van der Waals surface area contributed by atoms with E-state index in [0.29, 0.717) is 17.1 Å². The summed E-state index contributed by atoms with van der Waals surface area (Å²) in [5.74, 6) is 3.14. The van der Waals surface area contributed by atoms with Gasteiger partial charge in [0.1, 0.15) is 17.0 Å². The Morgan fingerprint density at radius 1 is 1.35 bits per heavy atom. The zero-order valence-corrected chi connectivity index (χ0v) is 12.1. The highest BCUT2D eigenvalue weighted by Crippen LogP contribution is 2.34. The highest BCUT2D eigenvalue weighted by Gasteiger charge is 2.38. The van der Waals surface area contributed by atoms with Crippen LogP contribution in [0.25, 0.3) is 0 Å². The molecule has 0 spiro atoms. The van der Waals surface area contributed by atoms with E-state index >= 15 is 0 Å². The van der Waals surface area contributed by atoms with E-state index in [2.05, 4.69) is 11.2 Å². The minimum Gasteiger partial charge on any atom is -0.497 e. The smallest absolute Gasteiger partial charge is 0.330 e. The minimum atomic E-state index is -1.12. The van der Waals surface area contributed by atoms with Crippen molar-refractivity contribution in [3.8, 4) is 23.8 Å². The van der Waals surface area contributed by atoms with Crippen molar-refractivity contribution >= 4 is 5.97 Å². The Morgan fingerprint density at radius 2 is 2.05 bits per heavy atom. The topological polar surface area (TPSA) is 56.8 Å².